The molecule has 0 fully saturated rings. The molecule has 164 valence electrons. The van der Waals surface area contributed by atoms with Crippen molar-refractivity contribution >= 4 is 45.9 Å². The maximum Gasteiger partial charge on any atom is 0.266 e. The molecule has 0 unspecified atom stereocenters. The molecular weight excluding hydrogens is 479 g/mol. The van der Waals surface area contributed by atoms with Gasteiger partial charge in [-0.05, 0) is 48.9 Å². The van der Waals surface area contributed by atoms with Crippen molar-refractivity contribution in [1.29, 1.82) is 0 Å². The Hall–Kier alpha value is -3.13. The fraction of sp³-hybridized carbons (Fsp3) is 0.0833. The maximum absolute atomic E-state index is 13.5. The molecule has 2 aromatic heterocycles. The molecule has 33 heavy (non-hydrogen) atoms. The standard InChI is InChI=1S/C24H16Cl2N4O2S/c1-14-17(25)10-6-12-20(14)30-23(31)16-8-3-5-11-19(16)27-24(30)33-13-21-28-29-22(32-21)15-7-2-4-9-18(15)26/h2-12H,13H2,1H3. The highest BCUT2D eigenvalue weighted by Gasteiger charge is 2.18. The van der Waals surface area contributed by atoms with Crippen molar-refractivity contribution in [3.63, 3.8) is 0 Å². The number of nitrogens with zero attached hydrogens (tertiary/aromatic N) is 4. The number of para-hydroxylation sites is 1. The van der Waals surface area contributed by atoms with Crippen molar-refractivity contribution in [3.05, 3.63) is 98.6 Å². The van der Waals surface area contributed by atoms with Crippen molar-refractivity contribution in [2.45, 2.75) is 17.8 Å². The number of halogens is 2. The largest absolute Gasteiger partial charge is 0.420 e. The van der Waals surface area contributed by atoms with Crippen molar-refractivity contribution in [1.82, 2.24) is 19.7 Å². The molecule has 0 spiro atoms. The SMILES string of the molecule is Cc1c(Cl)cccc1-n1c(SCc2nnc(-c3ccccc3Cl)o2)nc2ccccc2c1=O. The van der Waals surface area contributed by atoms with Gasteiger partial charge in [0.05, 0.1) is 32.9 Å². The quantitative estimate of drug-likeness (QED) is 0.209. The van der Waals surface area contributed by atoms with Gasteiger partial charge < -0.3 is 4.42 Å². The monoisotopic (exact) mass is 494 g/mol. The van der Waals surface area contributed by atoms with E-state index in [0.29, 0.717) is 54.9 Å². The lowest BCUT2D eigenvalue weighted by Crippen LogP contribution is -2.22. The molecule has 0 amide bonds. The fourth-order valence-corrected chi connectivity index (χ4v) is 4.67. The van der Waals surface area contributed by atoms with Gasteiger partial charge in [-0.15, -0.1) is 10.2 Å². The van der Waals surface area contributed by atoms with E-state index in [4.69, 9.17) is 32.6 Å². The van der Waals surface area contributed by atoms with Crippen LogP contribution in [0.1, 0.15) is 11.5 Å². The summed E-state index contributed by atoms with van der Waals surface area (Å²) in [5, 5.41) is 10.4. The molecule has 0 saturated heterocycles. The van der Waals surface area contributed by atoms with Gasteiger partial charge in [-0.2, -0.15) is 0 Å². The minimum Gasteiger partial charge on any atom is -0.420 e. The summed E-state index contributed by atoms with van der Waals surface area (Å²) in [5.41, 5.74) is 2.58. The highest BCUT2D eigenvalue weighted by Crippen LogP contribution is 2.30. The number of aromatic nitrogens is 4. The van der Waals surface area contributed by atoms with Crippen LogP contribution in [0.2, 0.25) is 10.0 Å². The number of hydrogen-bond acceptors (Lipinski definition) is 6. The van der Waals surface area contributed by atoms with Crippen molar-refractivity contribution in [2.75, 3.05) is 0 Å². The third-order valence-electron chi connectivity index (χ3n) is 5.12. The summed E-state index contributed by atoms with van der Waals surface area (Å²) in [6.07, 6.45) is 0. The summed E-state index contributed by atoms with van der Waals surface area (Å²) in [6.45, 7) is 1.88. The van der Waals surface area contributed by atoms with Crippen LogP contribution >= 0.6 is 35.0 Å². The minimum absolute atomic E-state index is 0.171. The fourth-order valence-electron chi connectivity index (χ4n) is 3.44. The van der Waals surface area contributed by atoms with E-state index < -0.39 is 0 Å². The Bertz CT molecular complexity index is 1550. The topological polar surface area (TPSA) is 73.8 Å². The normalized spacial score (nSPS) is 11.2. The van der Waals surface area contributed by atoms with E-state index >= 15 is 0 Å². The van der Waals surface area contributed by atoms with Crippen molar-refractivity contribution in [2.24, 2.45) is 0 Å². The summed E-state index contributed by atoms with van der Waals surface area (Å²) >= 11 is 13.9. The average molecular weight is 495 g/mol. The third-order valence-corrected chi connectivity index (χ3v) is 6.78. The van der Waals surface area contributed by atoms with E-state index in [0.717, 1.165) is 5.56 Å². The molecule has 0 aliphatic heterocycles. The smallest absolute Gasteiger partial charge is 0.266 e. The highest BCUT2D eigenvalue weighted by molar-refractivity contribution is 7.98. The number of hydrogen-bond donors (Lipinski definition) is 0. The second kappa shape index (κ2) is 9.02. The summed E-state index contributed by atoms with van der Waals surface area (Å²) < 4.78 is 7.40. The lowest BCUT2D eigenvalue weighted by atomic mass is 10.2. The molecule has 0 bridgehead atoms. The van der Waals surface area contributed by atoms with Crippen LogP contribution in [0, 0.1) is 6.92 Å². The highest BCUT2D eigenvalue weighted by atomic mass is 35.5. The molecule has 0 N–H and O–H groups in total. The summed E-state index contributed by atoms with van der Waals surface area (Å²) in [4.78, 5) is 18.2. The molecule has 5 aromatic rings. The lowest BCUT2D eigenvalue weighted by Gasteiger charge is -2.15. The Labute approximate surface area is 203 Å². The Morgan fingerprint density at radius 1 is 0.939 bits per heavy atom. The van der Waals surface area contributed by atoms with Gasteiger partial charge in [0.25, 0.3) is 5.56 Å². The first-order valence-electron chi connectivity index (χ1n) is 10.0. The molecule has 0 aliphatic carbocycles. The Balaban J connectivity index is 1.55. The predicted molar refractivity (Wildman–Crippen MR) is 131 cm³/mol. The van der Waals surface area contributed by atoms with E-state index in [2.05, 4.69) is 10.2 Å². The van der Waals surface area contributed by atoms with Gasteiger partial charge in [0.1, 0.15) is 0 Å². The zero-order valence-corrected chi connectivity index (χ0v) is 19.7. The molecule has 9 heteroatoms. The number of benzene rings is 3. The number of rotatable bonds is 5. The van der Waals surface area contributed by atoms with E-state index in [9.17, 15) is 4.79 Å². The molecular formula is C24H16Cl2N4O2S. The van der Waals surface area contributed by atoms with Crippen molar-refractivity contribution < 1.29 is 4.42 Å². The van der Waals surface area contributed by atoms with E-state index in [1.165, 1.54) is 11.8 Å². The van der Waals surface area contributed by atoms with Crippen LogP contribution in [0.15, 0.2) is 81.1 Å². The summed E-state index contributed by atoms with van der Waals surface area (Å²) in [5.74, 6) is 1.06. The van der Waals surface area contributed by atoms with Gasteiger partial charge in [-0.1, -0.05) is 65.3 Å². The molecule has 6 nitrogen and oxygen atoms in total. The predicted octanol–water partition coefficient (Wildman–Crippen LogP) is 6.34. The van der Waals surface area contributed by atoms with E-state index in [1.54, 1.807) is 22.8 Å². The molecule has 0 saturated carbocycles. The van der Waals surface area contributed by atoms with Crippen molar-refractivity contribution in [3.8, 4) is 17.1 Å². The Morgan fingerprint density at radius 3 is 2.55 bits per heavy atom. The van der Waals surface area contributed by atoms with Crippen LogP contribution in [0.25, 0.3) is 28.0 Å². The number of thioether (sulfide) groups is 1. The molecule has 0 atom stereocenters. The van der Waals surface area contributed by atoms with Gasteiger partial charge in [-0.25, -0.2) is 4.98 Å². The van der Waals surface area contributed by atoms with Gasteiger partial charge in [0, 0.05) is 5.02 Å². The lowest BCUT2D eigenvalue weighted by molar-refractivity contribution is 0.528. The maximum atomic E-state index is 13.5. The van der Waals surface area contributed by atoms with Crippen LogP contribution < -0.4 is 5.56 Å². The molecule has 0 aliphatic rings. The minimum atomic E-state index is -0.171. The Morgan fingerprint density at radius 2 is 1.70 bits per heavy atom. The summed E-state index contributed by atoms with van der Waals surface area (Å²) in [7, 11) is 0. The van der Waals surface area contributed by atoms with Gasteiger partial charge >= 0.3 is 0 Å². The van der Waals surface area contributed by atoms with E-state index in [1.807, 2.05) is 55.5 Å². The van der Waals surface area contributed by atoms with Crippen LogP contribution in [0.4, 0.5) is 0 Å². The van der Waals surface area contributed by atoms with Gasteiger partial charge in [0.2, 0.25) is 11.8 Å². The van der Waals surface area contributed by atoms with Gasteiger partial charge in [-0.3, -0.25) is 9.36 Å². The van der Waals surface area contributed by atoms with Crippen LogP contribution in [0.5, 0.6) is 0 Å². The third kappa shape index (κ3) is 4.15. The zero-order valence-electron chi connectivity index (χ0n) is 17.3. The zero-order chi connectivity index (χ0) is 22.9. The van der Waals surface area contributed by atoms with Crippen LogP contribution in [-0.4, -0.2) is 19.7 Å². The first-order valence-corrected chi connectivity index (χ1v) is 11.7. The average Bonchev–Trinajstić information content (AvgIpc) is 3.29. The molecule has 0 radical (unpaired) electrons. The number of fused-ring (bicyclic) bond motifs is 1. The second-order valence-electron chi connectivity index (χ2n) is 7.21. The van der Waals surface area contributed by atoms with Crippen LogP contribution in [0.3, 0.4) is 0 Å². The second-order valence-corrected chi connectivity index (χ2v) is 8.96. The molecule has 3 aromatic carbocycles. The first-order chi connectivity index (χ1) is 16.0. The summed E-state index contributed by atoms with van der Waals surface area (Å²) in [6, 6.07) is 20.0. The van der Waals surface area contributed by atoms with Gasteiger partial charge in [0.15, 0.2) is 5.16 Å². The van der Waals surface area contributed by atoms with E-state index in [-0.39, 0.29) is 5.56 Å². The molecule has 5 rings (SSSR count). The molecule has 2 heterocycles. The first kappa shape index (κ1) is 21.7. The van der Waals surface area contributed by atoms with Crippen LogP contribution in [-0.2, 0) is 5.75 Å². The Kier molecular flexibility index (Phi) is 5.93.